The van der Waals surface area contributed by atoms with Crippen molar-refractivity contribution >= 4 is 27.6 Å². The average Bonchev–Trinajstić information content (AvgIpc) is 2.34. The maximum absolute atomic E-state index is 10.6. The quantitative estimate of drug-likeness (QED) is 0.835. The van der Waals surface area contributed by atoms with E-state index in [1.54, 1.807) is 0 Å². The van der Waals surface area contributed by atoms with Gasteiger partial charge in [0.25, 0.3) is 0 Å². The SMILES string of the molecule is O=C(O)C=C1CCC(Nc2ccccc2Br)CC1. The number of rotatable bonds is 3. The third-order valence-corrected chi connectivity index (χ3v) is 3.88. The molecular weight excluding hydrogens is 294 g/mol. The molecule has 1 saturated carbocycles. The highest BCUT2D eigenvalue weighted by Crippen LogP contribution is 2.28. The van der Waals surface area contributed by atoms with Crippen LogP contribution < -0.4 is 5.32 Å². The molecule has 1 aromatic carbocycles. The van der Waals surface area contributed by atoms with Crippen LogP contribution in [-0.4, -0.2) is 17.1 Å². The van der Waals surface area contributed by atoms with E-state index >= 15 is 0 Å². The molecule has 0 heterocycles. The van der Waals surface area contributed by atoms with E-state index < -0.39 is 5.97 Å². The van der Waals surface area contributed by atoms with Crippen molar-refractivity contribution in [2.24, 2.45) is 0 Å². The van der Waals surface area contributed by atoms with Crippen LogP contribution >= 0.6 is 15.9 Å². The van der Waals surface area contributed by atoms with E-state index in [1.165, 1.54) is 6.08 Å². The van der Waals surface area contributed by atoms with Crippen LogP contribution in [0.2, 0.25) is 0 Å². The van der Waals surface area contributed by atoms with Gasteiger partial charge < -0.3 is 10.4 Å². The summed E-state index contributed by atoms with van der Waals surface area (Å²) in [6.07, 6.45) is 5.07. The number of benzene rings is 1. The van der Waals surface area contributed by atoms with Gasteiger partial charge in [-0.3, -0.25) is 0 Å². The number of aliphatic carboxylic acids is 1. The Hall–Kier alpha value is -1.29. The van der Waals surface area contributed by atoms with Crippen molar-refractivity contribution in [1.82, 2.24) is 0 Å². The molecule has 0 unspecified atom stereocenters. The van der Waals surface area contributed by atoms with Crippen molar-refractivity contribution in [2.75, 3.05) is 5.32 Å². The highest BCUT2D eigenvalue weighted by molar-refractivity contribution is 9.10. The molecule has 1 aliphatic carbocycles. The molecule has 2 rings (SSSR count). The smallest absolute Gasteiger partial charge is 0.328 e. The summed E-state index contributed by atoms with van der Waals surface area (Å²) in [6, 6.07) is 8.48. The van der Waals surface area contributed by atoms with Crippen LogP contribution in [-0.2, 0) is 4.79 Å². The van der Waals surface area contributed by atoms with E-state index in [1.807, 2.05) is 24.3 Å². The molecule has 0 radical (unpaired) electrons. The number of halogens is 1. The molecular formula is C14H16BrNO2. The molecule has 96 valence electrons. The third-order valence-electron chi connectivity index (χ3n) is 3.19. The van der Waals surface area contributed by atoms with E-state index in [9.17, 15) is 4.79 Å². The lowest BCUT2D eigenvalue weighted by molar-refractivity contribution is -0.131. The molecule has 1 aliphatic rings. The van der Waals surface area contributed by atoms with Crippen molar-refractivity contribution in [2.45, 2.75) is 31.7 Å². The van der Waals surface area contributed by atoms with Crippen LogP contribution in [0.25, 0.3) is 0 Å². The zero-order chi connectivity index (χ0) is 13.0. The normalized spacial score (nSPS) is 19.4. The number of nitrogens with one attached hydrogen (secondary N) is 1. The number of hydrogen-bond donors (Lipinski definition) is 2. The molecule has 0 atom stereocenters. The van der Waals surface area contributed by atoms with Crippen LogP contribution in [0, 0.1) is 0 Å². The van der Waals surface area contributed by atoms with E-state index in [0.29, 0.717) is 6.04 Å². The first-order chi connectivity index (χ1) is 8.65. The Morgan fingerprint density at radius 1 is 1.33 bits per heavy atom. The van der Waals surface area contributed by atoms with Crippen molar-refractivity contribution in [1.29, 1.82) is 0 Å². The zero-order valence-electron chi connectivity index (χ0n) is 10.0. The summed E-state index contributed by atoms with van der Waals surface area (Å²) >= 11 is 3.52. The molecule has 2 N–H and O–H groups in total. The Labute approximate surface area is 115 Å². The molecule has 1 aromatic rings. The number of allylic oxidation sites excluding steroid dienone is 1. The van der Waals surface area contributed by atoms with Gasteiger partial charge in [0.05, 0.1) is 0 Å². The van der Waals surface area contributed by atoms with Crippen molar-refractivity contribution in [3.63, 3.8) is 0 Å². The third kappa shape index (κ3) is 3.60. The summed E-state index contributed by atoms with van der Waals surface area (Å²) in [7, 11) is 0. The molecule has 0 amide bonds. The first-order valence-electron chi connectivity index (χ1n) is 6.08. The number of hydrogen-bond acceptors (Lipinski definition) is 2. The fourth-order valence-corrected chi connectivity index (χ4v) is 2.65. The van der Waals surface area contributed by atoms with Gasteiger partial charge in [0, 0.05) is 22.3 Å². The highest BCUT2D eigenvalue weighted by atomic mass is 79.9. The number of para-hydroxylation sites is 1. The van der Waals surface area contributed by atoms with Gasteiger partial charge in [-0.2, -0.15) is 0 Å². The summed E-state index contributed by atoms with van der Waals surface area (Å²) < 4.78 is 1.07. The Bertz CT molecular complexity index is 461. The Morgan fingerprint density at radius 3 is 2.61 bits per heavy atom. The van der Waals surface area contributed by atoms with Gasteiger partial charge in [0.1, 0.15) is 0 Å². The van der Waals surface area contributed by atoms with Crippen LogP contribution in [0.5, 0.6) is 0 Å². The summed E-state index contributed by atoms with van der Waals surface area (Å²) in [6.45, 7) is 0. The van der Waals surface area contributed by atoms with Crippen LogP contribution in [0.4, 0.5) is 5.69 Å². The van der Waals surface area contributed by atoms with E-state index in [2.05, 4.69) is 21.2 Å². The number of carboxylic acids is 1. The summed E-state index contributed by atoms with van der Waals surface area (Å²) in [5.41, 5.74) is 2.15. The largest absolute Gasteiger partial charge is 0.478 e. The molecule has 18 heavy (non-hydrogen) atoms. The fraction of sp³-hybridized carbons (Fsp3) is 0.357. The molecule has 0 aromatic heterocycles. The van der Waals surface area contributed by atoms with Crippen molar-refractivity contribution < 1.29 is 9.90 Å². The maximum atomic E-state index is 10.6. The Morgan fingerprint density at radius 2 is 2.00 bits per heavy atom. The van der Waals surface area contributed by atoms with Crippen LogP contribution in [0.15, 0.2) is 40.4 Å². The second-order valence-electron chi connectivity index (χ2n) is 4.54. The molecule has 3 nitrogen and oxygen atoms in total. The van der Waals surface area contributed by atoms with Gasteiger partial charge in [-0.15, -0.1) is 0 Å². The number of carboxylic acid groups (broad SMARTS) is 1. The lowest BCUT2D eigenvalue weighted by atomic mass is 9.90. The Kier molecular flexibility index (Phi) is 4.42. The predicted octanol–water partition coefficient (Wildman–Crippen LogP) is 3.81. The van der Waals surface area contributed by atoms with Gasteiger partial charge in [-0.05, 0) is 53.7 Å². The predicted molar refractivity (Wildman–Crippen MR) is 75.7 cm³/mol. The molecule has 1 fully saturated rings. The maximum Gasteiger partial charge on any atom is 0.328 e. The topological polar surface area (TPSA) is 49.3 Å². The second kappa shape index (κ2) is 6.05. The molecule has 0 saturated heterocycles. The van der Waals surface area contributed by atoms with E-state index in [-0.39, 0.29) is 0 Å². The first-order valence-corrected chi connectivity index (χ1v) is 6.88. The lowest BCUT2D eigenvalue weighted by Gasteiger charge is -2.26. The minimum atomic E-state index is -0.831. The fourth-order valence-electron chi connectivity index (χ4n) is 2.25. The van der Waals surface area contributed by atoms with Gasteiger partial charge >= 0.3 is 5.97 Å². The van der Waals surface area contributed by atoms with Gasteiger partial charge in [0.2, 0.25) is 0 Å². The number of carbonyl (C=O) groups is 1. The van der Waals surface area contributed by atoms with Crippen LogP contribution in [0.1, 0.15) is 25.7 Å². The molecule has 0 aliphatic heterocycles. The minimum absolute atomic E-state index is 0.426. The van der Waals surface area contributed by atoms with Gasteiger partial charge in [0.15, 0.2) is 0 Å². The molecule has 0 spiro atoms. The molecule has 0 bridgehead atoms. The first kappa shape index (κ1) is 13.1. The summed E-state index contributed by atoms with van der Waals surface area (Å²) in [5.74, 6) is -0.831. The zero-order valence-corrected chi connectivity index (χ0v) is 11.6. The van der Waals surface area contributed by atoms with Crippen molar-refractivity contribution in [3.05, 3.63) is 40.4 Å². The second-order valence-corrected chi connectivity index (χ2v) is 5.39. The van der Waals surface area contributed by atoms with Gasteiger partial charge in [-0.25, -0.2) is 4.79 Å². The van der Waals surface area contributed by atoms with Gasteiger partial charge in [-0.1, -0.05) is 17.7 Å². The van der Waals surface area contributed by atoms with E-state index in [4.69, 9.17) is 5.11 Å². The van der Waals surface area contributed by atoms with Crippen molar-refractivity contribution in [3.8, 4) is 0 Å². The summed E-state index contributed by atoms with van der Waals surface area (Å²) in [4.78, 5) is 10.6. The molecule has 4 heteroatoms. The number of anilines is 1. The summed E-state index contributed by atoms with van der Waals surface area (Å²) in [5, 5.41) is 12.2. The standard InChI is InChI=1S/C14H16BrNO2/c15-12-3-1-2-4-13(12)16-11-7-5-10(6-8-11)9-14(17)18/h1-4,9,11,16H,5-8H2,(H,17,18). The highest BCUT2D eigenvalue weighted by Gasteiger charge is 2.17. The average molecular weight is 310 g/mol. The minimum Gasteiger partial charge on any atom is -0.478 e. The van der Waals surface area contributed by atoms with Crippen LogP contribution in [0.3, 0.4) is 0 Å². The lowest BCUT2D eigenvalue weighted by Crippen LogP contribution is -2.23. The Balaban J connectivity index is 1.91. The monoisotopic (exact) mass is 309 g/mol. The van der Waals surface area contributed by atoms with E-state index in [0.717, 1.165) is 41.4 Å².